The van der Waals surface area contributed by atoms with Gasteiger partial charge in [0, 0.05) is 41.0 Å². The van der Waals surface area contributed by atoms with E-state index in [0.29, 0.717) is 6.54 Å². The first-order valence-electron chi connectivity index (χ1n) is 5.33. The molecule has 7 heteroatoms. The third-order valence-electron chi connectivity index (χ3n) is 2.81. The van der Waals surface area contributed by atoms with E-state index in [1.54, 1.807) is 13.2 Å². The van der Waals surface area contributed by atoms with Crippen LogP contribution in [0, 0.1) is 11.6 Å². The molecule has 0 aliphatic rings. The Morgan fingerprint density at radius 2 is 2.17 bits per heavy atom. The Morgan fingerprint density at radius 3 is 2.78 bits per heavy atom. The fraction of sp³-hybridized carbons (Fsp3) is 0.364. The average molecular weight is 273 g/mol. The zero-order valence-corrected chi connectivity index (χ0v) is 10.8. The van der Waals surface area contributed by atoms with Crippen molar-refractivity contribution in [2.75, 3.05) is 12.0 Å². The first-order chi connectivity index (χ1) is 8.40. The Balaban J connectivity index is 2.56. The first kappa shape index (κ1) is 12.9. The first-order valence-corrected chi connectivity index (χ1v) is 6.95. The van der Waals surface area contributed by atoms with E-state index >= 15 is 0 Å². The predicted octanol–water partition coefficient (Wildman–Crippen LogP) is 1.66. The number of nitrogen functional groups attached to an aromatic ring is 1. The zero-order valence-electron chi connectivity index (χ0n) is 9.98. The molecule has 0 aliphatic carbocycles. The lowest BCUT2D eigenvalue weighted by Gasteiger charge is -2.11. The Morgan fingerprint density at radius 1 is 1.50 bits per heavy atom. The molecule has 2 N–H and O–H groups in total. The van der Waals surface area contributed by atoms with Gasteiger partial charge in [0.25, 0.3) is 0 Å². The van der Waals surface area contributed by atoms with E-state index in [1.165, 1.54) is 10.6 Å². The third-order valence-corrected chi connectivity index (χ3v) is 4.09. The Labute approximate surface area is 105 Å². The molecule has 0 amide bonds. The van der Waals surface area contributed by atoms with Crippen LogP contribution in [0.25, 0.3) is 11.0 Å². The predicted molar refractivity (Wildman–Crippen MR) is 67.6 cm³/mol. The van der Waals surface area contributed by atoms with Gasteiger partial charge < -0.3 is 10.3 Å². The third kappa shape index (κ3) is 2.22. The molecule has 98 valence electrons. The number of nitrogens with zero attached hydrogens (tertiary/aromatic N) is 2. The summed E-state index contributed by atoms with van der Waals surface area (Å²) >= 11 is 0. The summed E-state index contributed by atoms with van der Waals surface area (Å²) in [4.78, 5) is 3.87. The smallest absolute Gasteiger partial charge is 0.201 e. The molecule has 2 rings (SSSR count). The Bertz CT molecular complexity index is 626. The summed E-state index contributed by atoms with van der Waals surface area (Å²) in [6.45, 7) is 2.07. The molecule has 1 aromatic heterocycles. The van der Waals surface area contributed by atoms with Gasteiger partial charge in [0.15, 0.2) is 5.82 Å². The summed E-state index contributed by atoms with van der Waals surface area (Å²) in [5.74, 6) is -1.35. The number of benzene rings is 1. The number of hydrogen-bond donors (Lipinski definition) is 1. The molecule has 0 spiro atoms. The summed E-state index contributed by atoms with van der Waals surface area (Å²) in [7, 11) is -1.05. The molecular weight excluding hydrogens is 260 g/mol. The Hall–Kier alpha value is -1.50. The normalized spacial score (nSPS) is 14.9. The van der Waals surface area contributed by atoms with Crippen LogP contribution in [0.3, 0.4) is 0 Å². The standard InChI is InChI=1S/C11H13F2N3OS/c1-6(18(2)17)5-16-9-4-7(12)3-8(13)10(9)15-11(16)14/h3-4,6H,5H2,1-2H3,(H2,14,15). The minimum absolute atomic E-state index is 0.0305. The van der Waals surface area contributed by atoms with Crippen LogP contribution >= 0.6 is 0 Å². The van der Waals surface area contributed by atoms with E-state index in [-0.39, 0.29) is 22.2 Å². The van der Waals surface area contributed by atoms with Crippen molar-refractivity contribution >= 4 is 27.8 Å². The number of rotatable bonds is 3. The summed E-state index contributed by atoms with van der Waals surface area (Å²) in [6.07, 6.45) is 1.57. The minimum Gasteiger partial charge on any atom is -0.369 e. The van der Waals surface area contributed by atoms with Crippen LogP contribution in [-0.4, -0.2) is 25.3 Å². The highest BCUT2D eigenvalue weighted by atomic mass is 32.2. The van der Waals surface area contributed by atoms with Gasteiger partial charge in [0.05, 0.1) is 5.52 Å². The van der Waals surface area contributed by atoms with Crippen molar-refractivity contribution in [3.63, 3.8) is 0 Å². The lowest BCUT2D eigenvalue weighted by atomic mass is 10.3. The second-order valence-corrected chi connectivity index (χ2v) is 5.95. The van der Waals surface area contributed by atoms with Gasteiger partial charge in [-0.05, 0) is 6.92 Å². The monoisotopic (exact) mass is 273 g/mol. The van der Waals surface area contributed by atoms with Crippen molar-refractivity contribution in [2.24, 2.45) is 0 Å². The van der Waals surface area contributed by atoms with E-state index in [4.69, 9.17) is 5.73 Å². The van der Waals surface area contributed by atoms with Crippen LogP contribution in [0.1, 0.15) is 6.92 Å². The minimum atomic E-state index is -1.05. The molecular formula is C11H13F2N3OS. The van der Waals surface area contributed by atoms with E-state index in [9.17, 15) is 13.0 Å². The van der Waals surface area contributed by atoms with Crippen molar-refractivity contribution in [3.8, 4) is 0 Å². The van der Waals surface area contributed by atoms with E-state index in [2.05, 4.69) is 4.98 Å². The van der Waals surface area contributed by atoms with Crippen LogP contribution in [0.4, 0.5) is 14.7 Å². The van der Waals surface area contributed by atoms with Gasteiger partial charge in [0.2, 0.25) is 5.95 Å². The fourth-order valence-corrected chi connectivity index (χ4v) is 2.08. The molecule has 1 aromatic carbocycles. The number of imidazole rings is 1. The molecule has 0 bridgehead atoms. The van der Waals surface area contributed by atoms with Crippen LogP contribution in [0.5, 0.6) is 0 Å². The van der Waals surface area contributed by atoms with Gasteiger partial charge in [-0.3, -0.25) is 4.21 Å². The number of aromatic nitrogens is 2. The second-order valence-electron chi connectivity index (χ2n) is 4.15. The van der Waals surface area contributed by atoms with Gasteiger partial charge in [-0.15, -0.1) is 0 Å². The maximum absolute atomic E-state index is 13.5. The molecule has 0 aliphatic heterocycles. The molecule has 1 heterocycles. The number of anilines is 1. The van der Waals surface area contributed by atoms with E-state index < -0.39 is 22.4 Å². The number of nitrogens with two attached hydrogens (primary N) is 1. The van der Waals surface area contributed by atoms with E-state index in [0.717, 1.165) is 6.07 Å². The highest BCUT2D eigenvalue weighted by molar-refractivity contribution is 7.84. The molecule has 0 fully saturated rings. The summed E-state index contributed by atoms with van der Waals surface area (Å²) in [5.41, 5.74) is 5.99. The Kier molecular flexibility index (Phi) is 3.34. The van der Waals surface area contributed by atoms with Crippen molar-refractivity contribution in [1.29, 1.82) is 0 Å². The molecule has 4 nitrogen and oxygen atoms in total. The molecule has 0 radical (unpaired) electrons. The van der Waals surface area contributed by atoms with Gasteiger partial charge >= 0.3 is 0 Å². The summed E-state index contributed by atoms with van der Waals surface area (Å²) in [5, 5.41) is -0.184. The zero-order chi connectivity index (χ0) is 13.4. The average Bonchev–Trinajstić information content (AvgIpc) is 2.57. The van der Waals surface area contributed by atoms with Gasteiger partial charge in [-0.1, -0.05) is 0 Å². The molecule has 2 atom stereocenters. The lowest BCUT2D eigenvalue weighted by molar-refractivity contribution is 0.589. The van der Waals surface area contributed by atoms with Crippen molar-refractivity contribution in [2.45, 2.75) is 18.7 Å². The van der Waals surface area contributed by atoms with Crippen molar-refractivity contribution < 1.29 is 13.0 Å². The van der Waals surface area contributed by atoms with E-state index in [1.807, 2.05) is 0 Å². The van der Waals surface area contributed by atoms with Crippen LogP contribution in [0.2, 0.25) is 0 Å². The highest BCUT2D eigenvalue weighted by Crippen LogP contribution is 2.22. The van der Waals surface area contributed by atoms with Crippen LogP contribution in [-0.2, 0) is 17.3 Å². The number of hydrogen-bond acceptors (Lipinski definition) is 3. The molecule has 2 aromatic rings. The highest BCUT2D eigenvalue weighted by Gasteiger charge is 2.16. The van der Waals surface area contributed by atoms with Gasteiger partial charge in [0.1, 0.15) is 11.3 Å². The lowest BCUT2D eigenvalue weighted by Crippen LogP contribution is -2.18. The van der Waals surface area contributed by atoms with Gasteiger partial charge in [-0.2, -0.15) is 0 Å². The van der Waals surface area contributed by atoms with Crippen molar-refractivity contribution in [3.05, 3.63) is 23.8 Å². The molecule has 0 saturated carbocycles. The van der Waals surface area contributed by atoms with Gasteiger partial charge in [-0.25, -0.2) is 13.8 Å². The molecule has 2 unspecified atom stereocenters. The summed E-state index contributed by atoms with van der Waals surface area (Å²) in [6, 6.07) is 1.94. The van der Waals surface area contributed by atoms with Crippen LogP contribution in [0.15, 0.2) is 12.1 Å². The molecule has 18 heavy (non-hydrogen) atoms. The largest absolute Gasteiger partial charge is 0.369 e. The number of halogens is 2. The fourth-order valence-electron chi connectivity index (χ4n) is 1.72. The maximum atomic E-state index is 13.5. The van der Waals surface area contributed by atoms with Crippen LogP contribution < -0.4 is 5.73 Å². The summed E-state index contributed by atoms with van der Waals surface area (Å²) < 4.78 is 39.5. The maximum Gasteiger partial charge on any atom is 0.201 e. The number of fused-ring (bicyclic) bond motifs is 1. The second kappa shape index (κ2) is 4.64. The topological polar surface area (TPSA) is 60.9 Å². The quantitative estimate of drug-likeness (QED) is 0.925. The SMILES string of the molecule is CC(Cn1c(N)nc2c(F)cc(F)cc21)S(C)=O. The van der Waals surface area contributed by atoms with Crippen molar-refractivity contribution in [1.82, 2.24) is 9.55 Å². The molecule has 0 saturated heterocycles.